The van der Waals surface area contributed by atoms with Gasteiger partial charge in [-0.1, -0.05) is 13.8 Å². The van der Waals surface area contributed by atoms with Crippen molar-refractivity contribution in [2.45, 2.75) is 26.7 Å². The van der Waals surface area contributed by atoms with Gasteiger partial charge >= 0.3 is 5.97 Å². The second-order valence-electron chi connectivity index (χ2n) is 2.72. The van der Waals surface area contributed by atoms with Crippen molar-refractivity contribution in [3.8, 4) is 0 Å². The molecule has 2 nitrogen and oxygen atoms in total. The van der Waals surface area contributed by atoms with Crippen molar-refractivity contribution in [3.63, 3.8) is 0 Å². The molecule has 0 radical (unpaired) electrons. The van der Waals surface area contributed by atoms with Crippen LogP contribution in [0.4, 0.5) is 0 Å². The van der Waals surface area contributed by atoms with E-state index in [4.69, 9.17) is 16.3 Å². The lowest BCUT2D eigenvalue weighted by Crippen LogP contribution is -2.12. The number of alkyl halides is 1. The van der Waals surface area contributed by atoms with Crippen LogP contribution in [0.2, 0.25) is 0 Å². The molecule has 0 atom stereocenters. The van der Waals surface area contributed by atoms with Crippen molar-refractivity contribution in [2.75, 3.05) is 12.5 Å². The molecule has 0 amide bonds. The van der Waals surface area contributed by atoms with Crippen molar-refractivity contribution in [1.29, 1.82) is 0 Å². The van der Waals surface area contributed by atoms with Crippen molar-refractivity contribution in [1.82, 2.24) is 0 Å². The van der Waals surface area contributed by atoms with Gasteiger partial charge in [-0.3, -0.25) is 4.79 Å². The molecular weight excluding hydrogens is 164 g/mol. The van der Waals surface area contributed by atoms with E-state index in [9.17, 15) is 4.79 Å². The number of halogens is 1. The molecule has 0 unspecified atom stereocenters. The van der Waals surface area contributed by atoms with Gasteiger partial charge in [-0.25, -0.2) is 0 Å². The Balaban J connectivity index is 3.18. The maximum Gasteiger partial charge on any atom is 0.308 e. The largest absolute Gasteiger partial charge is 0.465 e. The van der Waals surface area contributed by atoms with Crippen LogP contribution in [0.15, 0.2) is 0 Å². The summed E-state index contributed by atoms with van der Waals surface area (Å²) in [5, 5.41) is 0. The Hall–Kier alpha value is -0.240. The molecule has 0 aromatic heterocycles. The highest BCUT2D eigenvalue weighted by atomic mass is 35.5. The standard InChI is InChI=1S/C8H15ClO2/c1-7(2)8(10)11-6-4-3-5-9/h7H,3-6H2,1-2H3. The molecule has 0 bridgehead atoms. The van der Waals surface area contributed by atoms with Crippen LogP contribution in [0.25, 0.3) is 0 Å². The average molecular weight is 179 g/mol. The first-order valence-electron chi connectivity index (χ1n) is 3.91. The van der Waals surface area contributed by atoms with Crippen molar-refractivity contribution in [2.24, 2.45) is 5.92 Å². The van der Waals surface area contributed by atoms with Gasteiger partial charge in [0.25, 0.3) is 0 Å². The normalized spacial score (nSPS) is 10.2. The van der Waals surface area contributed by atoms with E-state index in [1.807, 2.05) is 13.8 Å². The van der Waals surface area contributed by atoms with Crippen LogP contribution in [0.5, 0.6) is 0 Å². The Morgan fingerprint density at radius 1 is 1.45 bits per heavy atom. The van der Waals surface area contributed by atoms with Gasteiger partial charge in [0.15, 0.2) is 0 Å². The zero-order chi connectivity index (χ0) is 8.69. The molecule has 11 heavy (non-hydrogen) atoms. The van der Waals surface area contributed by atoms with Gasteiger partial charge in [-0.15, -0.1) is 11.6 Å². The number of unbranched alkanes of at least 4 members (excludes halogenated alkanes) is 1. The first kappa shape index (κ1) is 10.8. The third-order valence-corrected chi connectivity index (χ3v) is 1.51. The summed E-state index contributed by atoms with van der Waals surface area (Å²) < 4.78 is 4.91. The predicted octanol–water partition coefficient (Wildman–Crippen LogP) is 2.20. The van der Waals surface area contributed by atoms with Crippen LogP contribution in [0.3, 0.4) is 0 Å². The van der Waals surface area contributed by atoms with Crippen LogP contribution >= 0.6 is 11.6 Å². The van der Waals surface area contributed by atoms with E-state index in [2.05, 4.69) is 0 Å². The van der Waals surface area contributed by atoms with Gasteiger partial charge in [0.2, 0.25) is 0 Å². The van der Waals surface area contributed by atoms with E-state index >= 15 is 0 Å². The molecule has 66 valence electrons. The summed E-state index contributed by atoms with van der Waals surface area (Å²) in [6, 6.07) is 0. The highest BCUT2D eigenvalue weighted by molar-refractivity contribution is 6.17. The van der Waals surface area contributed by atoms with E-state index in [0.29, 0.717) is 12.5 Å². The van der Waals surface area contributed by atoms with Crippen LogP contribution in [-0.2, 0) is 9.53 Å². The smallest absolute Gasteiger partial charge is 0.308 e. The summed E-state index contributed by atoms with van der Waals surface area (Å²) in [5.41, 5.74) is 0. The first-order chi connectivity index (χ1) is 5.18. The van der Waals surface area contributed by atoms with E-state index in [1.54, 1.807) is 0 Å². The third kappa shape index (κ3) is 6.17. The second-order valence-corrected chi connectivity index (χ2v) is 3.10. The van der Waals surface area contributed by atoms with E-state index < -0.39 is 0 Å². The first-order valence-corrected chi connectivity index (χ1v) is 4.44. The monoisotopic (exact) mass is 178 g/mol. The lowest BCUT2D eigenvalue weighted by Gasteiger charge is -2.05. The summed E-state index contributed by atoms with van der Waals surface area (Å²) in [4.78, 5) is 10.9. The fourth-order valence-electron chi connectivity index (χ4n) is 0.536. The van der Waals surface area contributed by atoms with Crippen molar-refractivity contribution >= 4 is 17.6 Å². The number of hydrogen-bond donors (Lipinski definition) is 0. The number of carbonyl (C=O) groups is 1. The minimum atomic E-state index is -0.125. The summed E-state index contributed by atoms with van der Waals surface area (Å²) in [6.45, 7) is 4.15. The molecule has 0 aliphatic rings. The number of carbonyl (C=O) groups excluding carboxylic acids is 1. The lowest BCUT2D eigenvalue weighted by molar-refractivity contribution is -0.147. The maximum absolute atomic E-state index is 10.9. The molecular formula is C8H15ClO2. The molecule has 3 heteroatoms. The number of ether oxygens (including phenoxy) is 1. The van der Waals surface area contributed by atoms with Gasteiger partial charge in [-0.05, 0) is 12.8 Å². The number of esters is 1. The van der Waals surface area contributed by atoms with E-state index in [-0.39, 0.29) is 11.9 Å². The predicted molar refractivity (Wildman–Crippen MR) is 45.8 cm³/mol. The van der Waals surface area contributed by atoms with Crippen LogP contribution in [-0.4, -0.2) is 18.5 Å². The van der Waals surface area contributed by atoms with E-state index in [1.165, 1.54) is 0 Å². The molecule has 0 aliphatic carbocycles. The number of hydrogen-bond acceptors (Lipinski definition) is 2. The summed E-state index contributed by atoms with van der Waals surface area (Å²) >= 11 is 5.44. The minimum Gasteiger partial charge on any atom is -0.465 e. The Morgan fingerprint density at radius 2 is 2.09 bits per heavy atom. The minimum absolute atomic E-state index is 0.0222. The van der Waals surface area contributed by atoms with Crippen LogP contribution in [0, 0.1) is 5.92 Å². The Bertz CT molecular complexity index is 113. The fourth-order valence-corrected chi connectivity index (χ4v) is 0.725. The highest BCUT2D eigenvalue weighted by Gasteiger charge is 2.06. The van der Waals surface area contributed by atoms with Gasteiger partial charge in [0.1, 0.15) is 0 Å². The van der Waals surface area contributed by atoms with Crippen LogP contribution < -0.4 is 0 Å². The molecule has 0 fully saturated rings. The van der Waals surface area contributed by atoms with Crippen LogP contribution in [0.1, 0.15) is 26.7 Å². The third-order valence-electron chi connectivity index (χ3n) is 1.24. The molecule has 0 aromatic carbocycles. The van der Waals surface area contributed by atoms with Crippen molar-refractivity contribution in [3.05, 3.63) is 0 Å². The van der Waals surface area contributed by atoms with Gasteiger partial charge in [0, 0.05) is 5.88 Å². The molecule has 0 heterocycles. The quantitative estimate of drug-likeness (QED) is 0.367. The van der Waals surface area contributed by atoms with Crippen molar-refractivity contribution < 1.29 is 9.53 Å². The molecule has 0 saturated carbocycles. The molecule has 0 rings (SSSR count). The Labute approximate surface area is 72.9 Å². The van der Waals surface area contributed by atoms with Gasteiger partial charge in [0.05, 0.1) is 12.5 Å². The van der Waals surface area contributed by atoms with E-state index in [0.717, 1.165) is 12.8 Å². The summed E-state index contributed by atoms with van der Waals surface area (Å²) in [6.07, 6.45) is 1.77. The zero-order valence-electron chi connectivity index (χ0n) is 7.10. The van der Waals surface area contributed by atoms with Gasteiger partial charge in [-0.2, -0.15) is 0 Å². The Morgan fingerprint density at radius 3 is 2.55 bits per heavy atom. The molecule has 0 N–H and O–H groups in total. The molecule has 0 aromatic rings. The summed E-state index contributed by atoms with van der Waals surface area (Å²) in [7, 11) is 0. The SMILES string of the molecule is CC(C)C(=O)OCCCCCl. The zero-order valence-corrected chi connectivity index (χ0v) is 7.86. The fraction of sp³-hybridized carbons (Fsp3) is 0.875. The Kier molecular flexibility index (Phi) is 6.33. The topological polar surface area (TPSA) is 26.3 Å². The maximum atomic E-state index is 10.9. The number of rotatable bonds is 5. The average Bonchev–Trinajstić information content (AvgIpc) is 1.97. The van der Waals surface area contributed by atoms with Gasteiger partial charge < -0.3 is 4.74 Å². The highest BCUT2D eigenvalue weighted by Crippen LogP contribution is 1.98. The lowest BCUT2D eigenvalue weighted by atomic mass is 10.2. The second kappa shape index (κ2) is 6.47. The summed E-state index contributed by atoms with van der Waals surface area (Å²) in [5.74, 6) is 0.491. The molecule has 0 spiro atoms. The molecule has 0 aliphatic heterocycles. The molecule has 0 saturated heterocycles.